The Hall–Kier alpha value is -3.13. The summed E-state index contributed by atoms with van der Waals surface area (Å²) in [6.07, 6.45) is 6.95. The molecule has 0 amide bonds. The van der Waals surface area contributed by atoms with Gasteiger partial charge in [-0.05, 0) is 38.1 Å². The van der Waals surface area contributed by atoms with Gasteiger partial charge in [0.1, 0.15) is 11.6 Å². The summed E-state index contributed by atoms with van der Waals surface area (Å²) in [5.74, 6) is 1.83. The van der Waals surface area contributed by atoms with Gasteiger partial charge in [-0.25, -0.2) is 9.50 Å². The van der Waals surface area contributed by atoms with Crippen molar-refractivity contribution in [2.45, 2.75) is 13.3 Å². The normalized spacial score (nSPS) is 18.0. The van der Waals surface area contributed by atoms with Crippen LogP contribution in [-0.2, 0) is 0 Å². The third-order valence-corrected chi connectivity index (χ3v) is 6.18. The first-order valence-electron chi connectivity index (χ1n) is 10.2. The maximum Gasteiger partial charge on any atom is 0.178 e. The lowest BCUT2D eigenvalue weighted by molar-refractivity contribution is 0.242. The molecule has 148 valence electrons. The first kappa shape index (κ1) is 16.8. The van der Waals surface area contributed by atoms with Crippen LogP contribution >= 0.6 is 0 Å². The van der Waals surface area contributed by atoms with Crippen molar-refractivity contribution in [2.24, 2.45) is 5.41 Å². The number of rotatable bonds is 4. The van der Waals surface area contributed by atoms with E-state index in [2.05, 4.69) is 43.7 Å². The summed E-state index contributed by atoms with van der Waals surface area (Å²) in [6, 6.07) is 6.33. The number of fused-ring (bicyclic) bond motifs is 3. The Kier molecular flexibility index (Phi) is 3.58. The molecule has 2 N–H and O–H groups in total. The number of H-pyrrole nitrogens is 1. The molecular weight excluding hydrogens is 366 g/mol. The Labute approximate surface area is 167 Å². The van der Waals surface area contributed by atoms with Crippen LogP contribution in [0.2, 0.25) is 0 Å². The molecule has 2 saturated heterocycles. The molecule has 0 radical (unpaired) electrons. The quantitative estimate of drug-likeness (QED) is 0.558. The standard InChI is InChI=1S/C21H23N7O/c1-2-29-15-7-16(19-17-9-24-25-20(17)26-28(19)10-15)14-3-4-18(23-8-14)27-12-21(13-27)5-6-22-11-21/h3-4,7-10,22H,2,5-6,11-13H2,1H3,(H,25,26). The first-order chi connectivity index (χ1) is 14.2. The average Bonchev–Trinajstić information content (AvgIpc) is 3.42. The summed E-state index contributed by atoms with van der Waals surface area (Å²) in [4.78, 5) is 7.15. The van der Waals surface area contributed by atoms with E-state index in [4.69, 9.17) is 9.72 Å². The molecule has 2 fully saturated rings. The molecule has 0 unspecified atom stereocenters. The molecule has 0 aliphatic carbocycles. The summed E-state index contributed by atoms with van der Waals surface area (Å²) in [5, 5.41) is 16.2. The number of pyridine rings is 2. The van der Waals surface area contributed by atoms with Crippen LogP contribution < -0.4 is 15.0 Å². The predicted octanol–water partition coefficient (Wildman–Crippen LogP) is 2.47. The molecule has 1 spiro atoms. The molecule has 6 heterocycles. The molecule has 4 aromatic heterocycles. The van der Waals surface area contributed by atoms with Crippen molar-refractivity contribution < 1.29 is 4.74 Å². The highest BCUT2D eigenvalue weighted by molar-refractivity contribution is 6.00. The van der Waals surface area contributed by atoms with Crippen LogP contribution in [0.1, 0.15) is 13.3 Å². The average molecular weight is 389 g/mol. The Morgan fingerprint density at radius 3 is 2.93 bits per heavy atom. The van der Waals surface area contributed by atoms with E-state index in [9.17, 15) is 0 Å². The molecule has 0 saturated carbocycles. The molecule has 0 aromatic carbocycles. The highest BCUT2D eigenvalue weighted by Gasteiger charge is 2.45. The second-order valence-electron chi connectivity index (χ2n) is 8.14. The van der Waals surface area contributed by atoms with Gasteiger partial charge in [0, 0.05) is 42.4 Å². The first-order valence-corrected chi connectivity index (χ1v) is 10.2. The molecule has 0 bridgehead atoms. The second-order valence-corrected chi connectivity index (χ2v) is 8.14. The van der Waals surface area contributed by atoms with E-state index in [1.807, 2.05) is 30.0 Å². The second kappa shape index (κ2) is 6.18. The van der Waals surface area contributed by atoms with Crippen LogP contribution in [0, 0.1) is 5.41 Å². The number of hydrogen-bond acceptors (Lipinski definition) is 6. The third kappa shape index (κ3) is 2.59. The Bertz CT molecular complexity index is 1180. The van der Waals surface area contributed by atoms with E-state index in [1.54, 1.807) is 0 Å². The molecule has 2 aliphatic heterocycles. The highest BCUT2D eigenvalue weighted by atomic mass is 16.5. The van der Waals surface area contributed by atoms with Crippen molar-refractivity contribution in [3.05, 3.63) is 36.8 Å². The Morgan fingerprint density at radius 2 is 2.17 bits per heavy atom. The van der Waals surface area contributed by atoms with Crippen molar-refractivity contribution in [3.8, 4) is 16.9 Å². The molecule has 8 nitrogen and oxygen atoms in total. The number of hydrogen-bond donors (Lipinski definition) is 2. The molecule has 6 rings (SSSR count). The van der Waals surface area contributed by atoms with Crippen molar-refractivity contribution >= 4 is 22.4 Å². The summed E-state index contributed by atoms with van der Waals surface area (Å²) in [5.41, 5.74) is 4.32. The lowest BCUT2D eigenvalue weighted by Crippen LogP contribution is -2.57. The van der Waals surface area contributed by atoms with Gasteiger partial charge < -0.3 is 15.0 Å². The van der Waals surface area contributed by atoms with Gasteiger partial charge in [-0.1, -0.05) is 0 Å². The van der Waals surface area contributed by atoms with Crippen LogP contribution in [0.5, 0.6) is 5.75 Å². The number of ether oxygens (including phenoxy) is 1. The van der Waals surface area contributed by atoms with Crippen LogP contribution in [-0.4, -0.2) is 57.6 Å². The van der Waals surface area contributed by atoms with Gasteiger partial charge in [0.25, 0.3) is 0 Å². The fourth-order valence-electron chi connectivity index (χ4n) is 4.73. The van der Waals surface area contributed by atoms with E-state index >= 15 is 0 Å². The van der Waals surface area contributed by atoms with E-state index in [1.165, 1.54) is 6.42 Å². The summed E-state index contributed by atoms with van der Waals surface area (Å²) in [6.45, 7) is 7.04. The van der Waals surface area contributed by atoms with E-state index in [0.29, 0.717) is 12.0 Å². The molecule has 0 atom stereocenters. The third-order valence-electron chi connectivity index (χ3n) is 6.18. The molecule has 2 aliphatic rings. The highest BCUT2D eigenvalue weighted by Crippen LogP contribution is 2.39. The molecule has 29 heavy (non-hydrogen) atoms. The van der Waals surface area contributed by atoms with Crippen molar-refractivity contribution in [1.82, 2.24) is 30.1 Å². The van der Waals surface area contributed by atoms with E-state index in [-0.39, 0.29) is 0 Å². The van der Waals surface area contributed by atoms with Crippen molar-refractivity contribution in [1.29, 1.82) is 0 Å². The summed E-state index contributed by atoms with van der Waals surface area (Å²) >= 11 is 0. The molecular formula is C21H23N7O. The number of anilines is 1. The monoisotopic (exact) mass is 389 g/mol. The number of nitrogens with zero attached hydrogens (tertiary/aromatic N) is 5. The van der Waals surface area contributed by atoms with Gasteiger partial charge in [-0.15, -0.1) is 5.10 Å². The number of nitrogens with one attached hydrogen (secondary N) is 2. The maximum absolute atomic E-state index is 5.77. The van der Waals surface area contributed by atoms with Gasteiger partial charge in [0.15, 0.2) is 5.65 Å². The minimum atomic E-state index is 0.461. The lowest BCUT2D eigenvalue weighted by Gasteiger charge is -2.48. The summed E-state index contributed by atoms with van der Waals surface area (Å²) in [7, 11) is 0. The molecule has 8 heteroatoms. The largest absolute Gasteiger partial charge is 0.492 e. The van der Waals surface area contributed by atoms with Gasteiger partial charge in [-0.2, -0.15) is 5.10 Å². The number of aromatic amines is 1. The SMILES string of the molecule is CCOc1cc(-c2ccc(N3CC4(CCNC4)C3)nc2)c2c3cn[nH]c3nn2c1. The fraction of sp³-hybridized carbons (Fsp3) is 0.381. The topological polar surface area (TPSA) is 83.4 Å². The zero-order valence-corrected chi connectivity index (χ0v) is 16.4. The number of aromatic nitrogens is 5. The van der Waals surface area contributed by atoms with Gasteiger partial charge in [0.05, 0.1) is 29.9 Å². The predicted molar refractivity (Wildman–Crippen MR) is 111 cm³/mol. The van der Waals surface area contributed by atoms with Crippen LogP contribution in [0.4, 0.5) is 5.82 Å². The fourth-order valence-corrected chi connectivity index (χ4v) is 4.73. The van der Waals surface area contributed by atoms with Crippen molar-refractivity contribution in [2.75, 3.05) is 37.7 Å². The zero-order chi connectivity index (χ0) is 19.4. The summed E-state index contributed by atoms with van der Waals surface area (Å²) < 4.78 is 7.63. The minimum absolute atomic E-state index is 0.461. The van der Waals surface area contributed by atoms with E-state index in [0.717, 1.165) is 65.4 Å². The maximum atomic E-state index is 5.77. The van der Waals surface area contributed by atoms with Gasteiger partial charge in [0.2, 0.25) is 0 Å². The van der Waals surface area contributed by atoms with Gasteiger partial charge in [-0.3, -0.25) is 5.10 Å². The molecule has 4 aromatic rings. The van der Waals surface area contributed by atoms with Crippen molar-refractivity contribution in [3.63, 3.8) is 0 Å². The van der Waals surface area contributed by atoms with Crippen LogP contribution in [0.15, 0.2) is 36.8 Å². The zero-order valence-electron chi connectivity index (χ0n) is 16.4. The van der Waals surface area contributed by atoms with E-state index < -0.39 is 0 Å². The lowest BCUT2D eigenvalue weighted by atomic mass is 9.79. The van der Waals surface area contributed by atoms with Crippen LogP contribution in [0.25, 0.3) is 27.7 Å². The Morgan fingerprint density at radius 1 is 1.24 bits per heavy atom. The van der Waals surface area contributed by atoms with Gasteiger partial charge >= 0.3 is 0 Å². The smallest absolute Gasteiger partial charge is 0.178 e. The minimum Gasteiger partial charge on any atom is -0.492 e. The van der Waals surface area contributed by atoms with Crippen LogP contribution in [0.3, 0.4) is 0 Å². The Balaban J connectivity index is 1.38.